The third-order valence-electron chi connectivity index (χ3n) is 3.79. The Morgan fingerprint density at radius 1 is 0.889 bits per heavy atom. The van der Waals surface area contributed by atoms with Gasteiger partial charge in [-0.2, -0.15) is 0 Å². The average Bonchev–Trinajstić information content (AvgIpc) is 2.84. The molecule has 88 valence electrons. The third kappa shape index (κ3) is 1.36. The van der Waals surface area contributed by atoms with Crippen LogP contribution in [0.5, 0.6) is 0 Å². The van der Waals surface area contributed by atoms with E-state index in [1.54, 1.807) is 11.3 Å². The van der Waals surface area contributed by atoms with E-state index in [1.165, 1.54) is 24.0 Å². The lowest BCUT2D eigenvalue weighted by Crippen LogP contribution is -2.01. The van der Waals surface area contributed by atoms with E-state index in [2.05, 4.69) is 12.1 Å². The SMILES string of the molecule is O=c1c2ccccc2sc2cc3c(cc12)CCC3. The van der Waals surface area contributed by atoms with Crippen LogP contribution in [0, 0.1) is 0 Å². The van der Waals surface area contributed by atoms with Gasteiger partial charge in [0, 0.05) is 20.2 Å². The Morgan fingerprint density at radius 3 is 2.56 bits per heavy atom. The molecule has 0 radical (unpaired) electrons. The molecular formula is C16H12OS. The molecule has 0 spiro atoms. The number of aryl methyl sites for hydroxylation is 2. The van der Waals surface area contributed by atoms with Crippen LogP contribution in [0.15, 0.2) is 41.2 Å². The first kappa shape index (κ1) is 10.3. The normalized spacial score (nSPS) is 14.2. The van der Waals surface area contributed by atoms with E-state index in [1.807, 2.05) is 24.3 Å². The molecule has 1 aliphatic carbocycles. The Bertz CT molecular complexity index is 829. The Labute approximate surface area is 109 Å². The van der Waals surface area contributed by atoms with Gasteiger partial charge < -0.3 is 0 Å². The van der Waals surface area contributed by atoms with E-state index in [0.29, 0.717) is 0 Å². The molecule has 0 atom stereocenters. The average molecular weight is 252 g/mol. The fourth-order valence-electron chi connectivity index (χ4n) is 2.87. The predicted octanol–water partition coefficient (Wildman–Crippen LogP) is 3.90. The number of hydrogen-bond donors (Lipinski definition) is 0. The van der Waals surface area contributed by atoms with Gasteiger partial charge in [0.2, 0.25) is 0 Å². The molecule has 0 fully saturated rings. The van der Waals surface area contributed by atoms with Crippen LogP contribution < -0.4 is 5.43 Å². The summed E-state index contributed by atoms with van der Waals surface area (Å²) in [6, 6.07) is 12.3. The summed E-state index contributed by atoms with van der Waals surface area (Å²) >= 11 is 1.73. The van der Waals surface area contributed by atoms with Crippen molar-refractivity contribution in [2.75, 3.05) is 0 Å². The fraction of sp³-hybridized carbons (Fsp3) is 0.188. The van der Waals surface area contributed by atoms with Gasteiger partial charge in [0.25, 0.3) is 0 Å². The van der Waals surface area contributed by atoms with Crippen molar-refractivity contribution in [2.45, 2.75) is 19.3 Å². The molecule has 2 heteroatoms. The molecule has 1 heterocycles. The monoisotopic (exact) mass is 252 g/mol. The van der Waals surface area contributed by atoms with Crippen LogP contribution in [-0.4, -0.2) is 0 Å². The first-order chi connectivity index (χ1) is 8.83. The molecular weight excluding hydrogens is 240 g/mol. The Balaban J connectivity index is 2.22. The molecule has 4 rings (SSSR count). The van der Waals surface area contributed by atoms with E-state index < -0.39 is 0 Å². The lowest BCUT2D eigenvalue weighted by atomic mass is 10.1. The minimum Gasteiger partial charge on any atom is -0.289 e. The number of rotatable bonds is 0. The molecule has 0 aliphatic heterocycles. The molecule has 0 N–H and O–H groups in total. The van der Waals surface area contributed by atoms with Crippen LogP contribution in [0.25, 0.3) is 20.2 Å². The highest BCUT2D eigenvalue weighted by molar-refractivity contribution is 7.24. The zero-order chi connectivity index (χ0) is 12.1. The summed E-state index contributed by atoms with van der Waals surface area (Å²) < 4.78 is 2.23. The summed E-state index contributed by atoms with van der Waals surface area (Å²) in [6.07, 6.45) is 3.52. The van der Waals surface area contributed by atoms with E-state index in [4.69, 9.17) is 0 Å². The predicted molar refractivity (Wildman–Crippen MR) is 77.6 cm³/mol. The van der Waals surface area contributed by atoms with Crippen LogP contribution in [0.3, 0.4) is 0 Å². The molecule has 2 aromatic carbocycles. The van der Waals surface area contributed by atoms with Crippen molar-refractivity contribution >= 4 is 31.5 Å². The first-order valence-electron chi connectivity index (χ1n) is 6.30. The fourth-order valence-corrected chi connectivity index (χ4v) is 3.99. The molecule has 0 saturated carbocycles. The van der Waals surface area contributed by atoms with E-state index in [9.17, 15) is 4.79 Å². The second-order valence-electron chi connectivity index (χ2n) is 4.90. The van der Waals surface area contributed by atoms with Gasteiger partial charge in [0.15, 0.2) is 5.43 Å². The Kier molecular flexibility index (Phi) is 2.09. The first-order valence-corrected chi connectivity index (χ1v) is 7.12. The summed E-state index contributed by atoms with van der Waals surface area (Å²) in [7, 11) is 0. The summed E-state index contributed by atoms with van der Waals surface area (Å²) in [6.45, 7) is 0. The number of hydrogen-bond acceptors (Lipinski definition) is 2. The highest BCUT2D eigenvalue weighted by Crippen LogP contribution is 2.30. The summed E-state index contributed by atoms with van der Waals surface area (Å²) in [5, 5.41) is 1.76. The van der Waals surface area contributed by atoms with Crippen molar-refractivity contribution in [1.29, 1.82) is 0 Å². The number of benzene rings is 2. The lowest BCUT2D eigenvalue weighted by Gasteiger charge is -2.04. The molecule has 1 nitrogen and oxygen atoms in total. The standard InChI is InChI=1S/C16H12OS/c17-16-12-6-1-2-7-14(12)18-15-9-11-5-3-4-10(11)8-13(15)16/h1-2,6-9H,3-5H2. The summed E-state index contributed by atoms with van der Waals surface area (Å²) in [5.41, 5.74) is 3.00. The van der Waals surface area contributed by atoms with Crippen molar-refractivity contribution in [3.05, 3.63) is 57.7 Å². The molecule has 18 heavy (non-hydrogen) atoms. The highest BCUT2D eigenvalue weighted by Gasteiger charge is 2.14. The molecule has 1 aromatic heterocycles. The minimum absolute atomic E-state index is 0.189. The van der Waals surface area contributed by atoms with Gasteiger partial charge in [0.1, 0.15) is 0 Å². The van der Waals surface area contributed by atoms with Crippen molar-refractivity contribution < 1.29 is 0 Å². The van der Waals surface area contributed by atoms with Gasteiger partial charge in [-0.15, -0.1) is 11.3 Å². The topological polar surface area (TPSA) is 17.1 Å². The molecule has 3 aromatic rings. The zero-order valence-electron chi connectivity index (χ0n) is 9.90. The van der Waals surface area contributed by atoms with Crippen molar-refractivity contribution in [2.24, 2.45) is 0 Å². The van der Waals surface area contributed by atoms with Crippen LogP contribution in [0.2, 0.25) is 0 Å². The highest BCUT2D eigenvalue weighted by atomic mass is 32.1. The van der Waals surface area contributed by atoms with Gasteiger partial charge in [0.05, 0.1) is 0 Å². The summed E-state index contributed by atoms with van der Waals surface area (Å²) in [4.78, 5) is 12.5. The maximum absolute atomic E-state index is 12.5. The zero-order valence-corrected chi connectivity index (χ0v) is 10.7. The maximum atomic E-state index is 12.5. The molecule has 0 bridgehead atoms. The van der Waals surface area contributed by atoms with Gasteiger partial charge in [-0.25, -0.2) is 0 Å². The molecule has 0 amide bonds. The van der Waals surface area contributed by atoms with Crippen molar-refractivity contribution in [1.82, 2.24) is 0 Å². The van der Waals surface area contributed by atoms with E-state index in [0.717, 1.165) is 26.6 Å². The molecule has 0 saturated heterocycles. The molecule has 1 aliphatic rings. The minimum atomic E-state index is 0.189. The van der Waals surface area contributed by atoms with Crippen molar-refractivity contribution in [3.63, 3.8) is 0 Å². The van der Waals surface area contributed by atoms with Gasteiger partial charge >= 0.3 is 0 Å². The van der Waals surface area contributed by atoms with E-state index >= 15 is 0 Å². The van der Waals surface area contributed by atoms with Gasteiger partial charge in [-0.05, 0) is 54.7 Å². The van der Waals surface area contributed by atoms with E-state index in [-0.39, 0.29) is 5.43 Å². The summed E-state index contributed by atoms with van der Waals surface area (Å²) in [5.74, 6) is 0. The third-order valence-corrected chi connectivity index (χ3v) is 4.92. The second-order valence-corrected chi connectivity index (χ2v) is 5.98. The molecule has 0 unspecified atom stereocenters. The van der Waals surface area contributed by atoms with Crippen LogP contribution >= 0.6 is 11.3 Å². The lowest BCUT2D eigenvalue weighted by molar-refractivity contribution is 0.912. The second kappa shape index (κ2) is 3.66. The van der Waals surface area contributed by atoms with Gasteiger partial charge in [-0.1, -0.05) is 12.1 Å². The maximum Gasteiger partial charge on any atom is 0.195 e. The quantitative estimate of drug-likeness (QED) is 0.554. The van der Waals surface area contributed by atoms with Gasteiger partial charge in [-0.3, -0.25) is 4.79 Å². The van der Waals surface area contributed by atoms with Crippen LogP contribution in [0.1, 0.15) is 17.5 Å². The van der Waals surface area contributed by atoms with Crippen LogP contribution in [0.4, 0.5) is 0 Å². The number of fused-ring (bicyclic) bond motifs is 3. The smallest absolute Gasteiger partial charge is 0.195 e. The van der Waals surface area contributed by atoms with Crippen LogP contribution in [-0.2, 0) is 12.8 Å². The largest absolute Gasteiger partial charge is 0.289 e. The Morgan fingerprint density at radius 2 is 1.67 bits per heavy atom. The Hall–Kier alpha value is -1.67. The van der Waals surface area contributed by atoms with Crippen molar-refractivity contribution in [3.8, 4) is 0 Å².